The van der Waals surface area contributed by atoms with Gasteiger partial charge in [0.15, 0.2) is 0 Å². The summed E-state index contributed by atoms with van der Waals surface area (Å²) in [5, 5.41) is 8.76. The van der Waals surface area contributed by atoms with Crippen LogP contribution in [0, 0.1) is 6.92 Å². The standard InChI is InChI=1S/C14H19NO3S/c1-11-4-2-3-5-12(11)14-15(13(17)10-19-14)6-8-18-9-7-16/h2-5,14,16H,6-10H2,1H3. The monoisotopic (exact) mass is 281 g/mol. The average Bonchev–Trinajstić information content (AvgIpc) is 2.77. The van der Waals surface area contributed by atoms with E-state index in [1.165, 1.54) is 11.1 Å². The Kier molecular flexibility index (Phi) is 5.24. The lowest BCUT2D eigenvalue weighted by molar-refractivity contribution is -0.128. The Labute approximate surface area is 117 Å². The van der Waals surface area contributed by atoms with Crippen LogP contribution in [0.4, 0.5) is 0 Å². The van der Waals surface area contributed by atoms with Gasteiger partial charge in [-0.05, 0) is 18.1 Å². The first-order valence-electron chi connectivity index (χ1n) is 6.39. The van der Waals surface area contributed by atoms with E-state index in [0.29, 0.717) is 25.5 Å². The van der Waals surface area contributed by atoms with Crippen LogP contribution < -0.4 is 0 Å². The first-order chi connectivity index (χ1) is 9.24. The quantitative estimate of drug-likeness (QED) is 0.804. The third kappa shape index (κ3) is 3.49. The van der Waals surface area contributed by atoms with Crippen LogP contribution in [0.15, 0.2) is 24.3 Å². The van der Waals surface area contributed by atoms with Crippen molar-refractivity contribution in [1.82, 2.24) is 4.90 Å². The predicted octanol–water partition coefficient (Wildman–Crippen LogP) is 1.58. The molecule has 1 unspecified atom stereocenters. The lowest BCUT2D eigenvalue weighted by Gasteiger charge is -2.25. The number of rotatable bonds is 6. The van der Waals surface area contributed by atoms with Gasteiger partial charge in [0, 0.05) is 6.54 Å². The van der Waals surface area contributed by atoms with Crippen LogP contribution in [0.2, 0.25) is 0 Å². The molecular weight excluding hydrogens is 262 g/mol. The van der Waals surface area contributed by atoms with E-state index in [0.717, 1.165) is 0 Å². The second-order valence-electron chi connectivity index (χ2n) is 4.44. The zero-order chi connectivity index (χ0) is 13.7. The van der Waals surface area contributed by atoms with E-state index in [2.05, 4.69) is 19.1 Å². The fourth-order valence-electron chi connectivity index (χ4n) is 2.15. The molecule has 0 radical (unpaired) electrons. The van der Waals surface area contributed by atoms with Gasteiger partial charge in [-0.25, -0.2) is 0 Å². The number of ether oxygens (including phenoxy) is 1. The Hall–Kier alpha value is -1.04. The fraction of sp³-hybridized carbons (Fsp3) is 0.500. The zero-order valence-corrected chi connectivity index (χ0v) is 11.9. The van der Waals surface area contributed by atoms with Crippen LogP contribution >= 0.6 is 11.8 Å². The number of carbonyl (C=O) groups excluding carboxylic acids is 1. The van der Waals surface area contributed by atoms with Crippen molar-refractivity contribution in [2.24, 2.45) is 0 Å². The first kappa shape index (κ1) is 14.4. The first-order valence-corrected chi connectivity index (χ1v) is 7.44. The third-order valence-corrected chi connectivity index (χ3v) is 4.37. The zero-order valence-electron chi connectivity index (χ0n) is 11.0. The van der Waals surface area contributed by atoms with Crippen LogP contribution in [0.5, 0.6) is 0 Å². The van der Waals surface area contributed by atoms with Crippen LogP contribution in [0.3, 0.4) is 0 Å². The van der Waals surface area contributed by atoms with Crippen molar-refractivity contribution < 1.29 is 14.6 Å². The molecule has 1 aromatic rings. The Morgan fingerprint density at radius 1 is 1.42 bits per heavy atom. The maximum atomic E-state index is 11.9. The SMILES string of the molecule is Cc1ccccc1C1SCC(=O)N1CCOCCO. The number of aliphatic hydroxyl groups is 1. The minimum Gasteiger partial charge on any atom is -0.394 e. The molecule has 1 aliphatic rings. The molecule has 1 aromatic carbocycles. The number of hydrogen-bond donors (Lipinski definition) is 1. The molecule has 0 aliphatic carbocycles. The van der Waals surface area contributed by atoms with Gasteiger partial charge in [-0.3, -0.25) is 4.79 Å². The summed E-state index contributed by atoms with van der Waals surface area (Å²) in [4.78, 5) is 13.8. The molecule has 1 atom stereocenters. The van der Waals surface area contributed by atoms with Crippen molar-refractivity contribution >= 4 is 17.7 Å². The smallest absolute Gasteiger partial charge is 0.233 e. The number of hydrogen-bond acceptors (Lipinski definition) is 4. The second kappa shape index (κ2) is 6.93. The molecule has 104 valence electrons. The van der Waals surface area contributed by atoms with Gasteiger partial charge in [-0.1, -0.05) is 24.3 Å². The summed E-state index contributed by atoms with van der Waals surface area (Å²) < 4.78 is 5.25. The Bertz CT molecular complexity index is 438. The number of aliphatic hydroxyl groups excluding tert-OH is 1. The fourth-order valence-corrected chi connectivity index (χ4v) is 3.46. The number of carbonyl (C=O) groups is 1. The van der Waals surface area contributed by atoms with E-state index in [4.69, 9.17) is 9.84 Å². The average molecular weight is 281 g/mol. The molecule has 1 fully saturated rings. The van der Waals surface area contributed by atoms with Crippen LogP contribution in [-0.2, 0) is 9.53 Å². The number of benzene rings is 1. The molecule has 1 saturated heterocycles. The molecule has 19 heavy (non-hydrogen) atoms. The van der Waals surface area contributed by atoms with Crippen molar-refractivity contribution in [3.8, 4) is 0 Å². The highest BCUT2D eigenvalue weighted by Gasteiger charge is 2.32. The molecule has 1 N–H and O–H groups in total. The Morgan fingerprint density at radius 3 is 2.95 bits per heavy atom. The molecule has 0 bridgehead atoms. The maximum Gasteiger partial charge on any atom is 0.233 e. The summed E-state index contributed by atoms with van der Waals surface area (Å²) in [7, 11) is 0. The van der Waals surface area contributed by atoms with Crippen LogP contribution in [0.25, 0.3) is 0 Å². The molecule has 1 amide bonds. The molecule has 5 heteroatoms. The molecule has 0 aromatic heterocycles. The normalized spacial score (nSPS) is 19.2. The van der Waals surface area contributed by atoms with Gasteiger partial charge in [-0.2, -0.15) is 0 Å². The summed E-state index contributed by atoms with van der Waals surface area (Å²) in [6.07, 6.45) is 0. The van der Waals surface area contributed by atoms with E-state index >= 15 is 0 Å². The van der Waals surface area contributed by atoms with Crippen LogP contribution in [-0.4, -0.2) is 48.0 Å². The molecule has 0 saturated carbocycles. The number of thioether (sulfide) groups is 1. The minimum absolute atomic E-state index is 0.0178. The van der Waals surface area contributed by atoms with E-state index in [1.807, 2.05) is 17.0 Å². The molecular formula is C14H19NO3S. The van der Waals surface area contributed by atoms with Crippen LogP contribution in [0.1, 0.15) is 16.5 Å². The highest BCUT2D eigenvalue weighted by atomic mass is 32.2. The highest BCUT2D eigenvalue weighted by molar-refractivity contribution is 8.00. The molecule has 0 spiro atoms. The summed E-state index contributed by atoms with van der Waals surface area (Å²) >= 11 is 1.66. The van der Waals surface area contributed by atoms with Gasteiger partial charge in [0.25, 0.3) is 0 Å². The lowest BCUT2D eigenvalue weighted by atomic mass is 10.1. The molecule has 4 nitrogen and oxygen atoms in total. The van der Waals surface area contributed by atoms with Gasteiger partial charge in [0.2, 0.25) is 5.91 Å². The third-order valence-electron chi connectivity index (χ3n) is 3.13. The number of nitrogens with zero attached hydrogens (tertiary/aromatic N) is 1. The molecule has 2 rings (SSSR count). The van der Waals surface area contributed by atoms with Gasteiger partial charge < -0.3 is 14.7 Å². The lowest BCUT2D eigenvalue weighted by Crippen LogP contribution is -2.32. The molecule has 1 heterocycles. The van der Waals surface area contributed by atoms with E-state index < -0.39 is 0 Å². The van der Waals surface area contributed by atoms with Crippen molar-refractivity contribution in [3.63, 3.8) is 0 Å². The summed E-state index contributed by atoms with van der Waals surface area (Å²) in [5.74, 6) is 0.685. The predicted molar refractivity (Wildman–Crippen MR) is 76.0 cm³/mol. The van der Waals surface area contributed by atoms with Crippen molar-refractivity contribution in [2.75, 3.05) is 32.1 Å². The van der Waals surface area contributed by atoms with E-state index in [-0.39, 0.29) is 17.9 Å². The van der Waals surface area contributed by atoms with Gasteiger partial charge in [0.1, 0.15) is 5.37 Å². The van der Waals surface area contributed by atoms with Crippen molar-refractivity contribution in [2.45, 2.75) is 12.3 Å². The highest BCUT2D eigenvalue weighted by Crippen LogP contribution is 2.39. The maximum absolute atomic E-state index is 11.9. The van der Waals surface area contributed by atoms with Gasteiger partial charge in [-0.15, -0.1) is 11.8 Å². The van der Waals surface area contributed by atoms with Gasteiger partial charge in [0.05, 0.1) is 25.6 Å². The van der Waals surface area contributed by atoms with E-state index in [9.17, 15) is 4.79 Å². The summed E-state index contributed by atoms with van der Waals surface area (Å²) in [6.45, 7) is 3.45. The Morgan fingerprint density at radius 2 is 2.21 bits per heavy atom. The second-order valence-corrected chi connectivity index (χ2v) is 5.51. The topological polar surface area (TPSA) is 49.8 Å². The number of amides is 1. The largest absolute Gasteiger partial charge is 0.394 e. The van der Waals surface area contributed by atoms with Crippen molar-refractivity contribution in [1.29, 1.82) is 0 Å². The number of aryl methyl sites for hydroxylation is 1. The summed E-state index contributed by atoms with van der Waals surface area (Å²) in [5.41, 5.74) is 2.40. The summed E-state index contributed by atoms with van der Waals surface area (Å²) in [6, 6.07) is 8.16. The Balaban J connectivity index is 2.03. The van der Waals surface area contributed by atoms with E-state index in [1.54, 1.807) is 11.8 Å². The van der Waals surface area contributed by atoms with Crippen molar-refractivity contribution in [3.05, 3.63) is 35.4 Å². The van der Waals surface area contributed by atoms with Gasteiger partial charge >= 0.3 is 0 Å². The molecule has 1 aliphatic heterocycles. The minimum atomic E-state index is 0.0178.